The Morgan fingerprint density at radius 3 is 2.45 bits per heavy atom. The molecule has 0 bridgehead atoms. The van der Waals surface area contributed by atoms with E-state index in [0.717, 1.165) is 28.2 Å². The van der Waals surface area contributed by atoms with Crippen LogP contribution in [0.3, 0.4) is 0 Å². The number of aryl methyl sites for hydroxylation is 1. The molecule has 0 atom stereocenters. The lowest BCUT2D eigenvalue weighted by atomic mass is 10.0. The van der Waals surface area contributed by atoms with Gasteiger partial charge < -0.3 is 9.26 Å². The maximum absolute atomic E-state index is 5.44. The van der Waals surface area contributed by atoms with Crippen molar-refractivity contribution in [2.75, 3.05) is 7.11 Å². The molecule has 0 aliphatic carbocycles. The van der Waals surface area contributed by atoms with Gasteiger partial charge in [-0.25, -0.2) is 0 Å². The first-order chi connectivity index (χ1) is 9.79. The lowest BCUT2D eigenvalue weighted by Crippen LogP contribution is -1.87. The topological polar surface area (TPSA) is 35.3 Å². The van der Waals surface area contributed by atoms with Gasteiger partial charge in [-0.3, -0.25) is 0 Å². The van der Waals surface area contributed by atoms with E-state index >= 15 is 0 Å². The molecule has 0 N–H and O–H groups in total. The Balaban J connectivity index is 2.13. The predicted octanol–water partition coefficient (Wildman–Crippen LogP) is 4.33. The summed E-state index contributed by atoms with van der Waals surface area (Å²) < 4.78 is 10.8. The smallest absolute Gasteiger partial charge is 0.174 e. The van der Waals surface area contributed by atoms with Crippen molar-refractivity contribution >= 4 is 0 Å². The van der Waals surface area contributed by atoms with Gasteiger partial charge in [0, 0.05) is 11.1 Å². The zero-order chi connectivity index (χ0) is 13.9. The molecule has 3 nitrogen and oxygen atoms in total. The average Bonchev–Trinajstić information content (AvgIpc) is 2.97. The highest BCUT2D eigenvalue weighted by Gasteiger charge is 2.15. The molecule has 3 aromatic rings. The molecule has 1 aromatic heterocycles. The summed E-state index contributed by atoms with van der Waals surface area (Å²) in [4.78, 5) is 0. The Labute approximate surface area is 117 Å². The second-order valence-electron chi connectivity index (χ2n) is 4.63. The largest absolute Gasteiger partial charge is 0.496 e. The fourth-order valence-electron chi connectivity index (χ4n) is 2.21. The van der Waals surface area contributed by atoms with E-state index in [1.54, 1.807) is 13.3 Å². The van der Waals surface area contributed by atoms with Crippen molar-refractivity contribution in [2.24, 2.45) is 0 Å². The summed E-state index contributed by atoms with van der Waals surface area (Å²) in [7, 11) is 1.66. The molecular formula is C17H15NO2. The molecule has 2 aromatic carbocycles. The molecule has 0 radical (unpaired) electrons. The van der Waals surface area contributed by atoms with Crippen LogP contribution in [-0.4, -0.2) is 12.3 Å². The van der Waals surface area contributed by atoms with Crippen LogP contribution < -0.4 is 4.74 Å². The summed E-state index contributed by atoms with van der Waals surface area (Å²) in [5.74, 6) is 1.57. The number of benzene rings is 2. The van der Waals surface area contributed by atoms with Gasteiger partial charge in [-0.15, -0.1) is 0 Å². The number of nitrogens with zero attached hydrogens (tertiary/aromatic N) is 1. The SMILES string of the molecule is COc1ccccc1-c1cnoc1-c1ccc(C)cc1. The summed E-state index contributed by atoms with van der Waals surface area (Å²) in [6, 6.07) is 16.0. The lowest BCUT2D eigenvalue weighted by molar-refractivity contribution is 0.416. The second kappa shape index (κ2) is 5.21. The Hall–Kier alpha value is -2.55. The van der Waals surface area contributed by atoms with E-state index in [9.17, 15) is 0 Å². The molecule has 0 unspecified atom stereocenters. The van der Waals surface area contributed by atoms with E-state index in [-0.39, 0.29) is 0 Å². The highest BCUT2D eigenvalue weighted by atomic mass is 16.5. The van der Waals surface area contributed by atoms with Crippen molar-refractivity contribution in [1.82, 2.24) is 5.16 Å². The fourth-order valence-corrected chi connectivity index (χ4v) is 2.21. The van der Waals surface area contributed by atoms with Crippen LogP contribution in [0.25, 0.3) is 22.5 Å². The summed E-state index contributed by atoms with van der Waals surface area (Å²) in [6.45, 7) is 2.06. The number of ether oxygens (including phenoxy) is 1. The van der Waals surface area contributed by atoms with Crippen molar-refractivity contribution in [3.63, 3.8) is 0 Å². The molecule has 3 heteroatoms. The lowest BCUT2D eigenvalue weighted by Gasteiger charge is -2.07. The van der Waals surface area contributed by atoms with Crippen LogP contribution >= 0.6 is 0 Å². The molecule has 100 valence electrons. The van der Waals surface area contributed by atoms with Crippen molar-refractivity contribution in [2.45, 2.75) is 6.92 Å². The van der Waals surface area contributed by atoms with Crippen LogP contribution in [0.4, 0.5) is 0 Å². The number of para-hydroxylation sites is 1. The predicted molar refractivity (Wildman–Crippen MR) is 78.7 cm³/mol. The zero-order valence-electron chi connectivity index (χ0n) is 11.5. The fraction of sp³-hybridized carbons (Fsp3) is 0.118. The van der Waals surface area contributed by atoms with Gasteiger partial charge in [0.15, 0.2) is 5.76 Å². The number of hydrogen-bond acceptors (Lipinski definition) is 3. The monoisotopic (exact) mass is 265 g/mol. The Morgan fingerprint density at radius 1 is 0.950 bits per heavy atom. The summed E-state index contributed by atoms with van der Waals surface area (Å²) in [5.41, 5.74) is 4.14. The molecular weight excluding hydrogens is 250 g/mol. The van der Waals surface area contributed by atoms with Gasteiger partial charge in [-0.05, 0) is 13.0 Å². The summed E-state index contributed by atoms with van der Waals surface area (Å²) >= 11 is 0. The summed E-state index contributed by atoms with van der Waals surface area (Å²) in [5, 5.41) is 3.94. The van der Waals surface area contributed by atoms with Crippen LogP contribution in [0.15, 0.2) is 59.3 Å². The zero-order valence-corrected chi connectivity index (χ0v) is 11.5. The third kappa shape index (κ3) is 2.18. The molecule has 0 spiro atoms. The van der Waals surface area contributed by atoms with E-state index in [1.807, 2.05) is 36.4 Å². The van der Waals surface area contributed by atoms with Crippen molar-refractivity contribution in [3.05, 3.63) is 60.3 Å². The molecule has 0 amide bonds. The van der Waals surface area contributed by atoms with Gasteiger partial charge in [0.05, 0.1) is 18.9 Å². The van der Waals surface area contributed by atoms with Crippen LogP contribution in [0, 0.1) is 6.92 Å². The number of methoxy groups -OCH3 is 1. The molecule has 0 fully saturated rings. The quantitative estimate of drug-likeness (QED) is 0.707. The molecule has 3 rings (SSSR count). The molecule has 0 aliphatic rings. The van der Waals surface area contributed by atoms with Crippen LogP contribution in [0.5, 0.6) is 5.75 Å². The standard InChI is InChI=1S/C17H15NO2/c1-12-7-9-13(10-8-12)17-15(11-18-20-17)14-5-3-4-6-16(14)19-2/h3-11H,1-2H3. The second-order valence-corrected chi connectivity index (χ2v) is 4.63. The van der Waals surface area contributed by atoms with Crippen LogP contribution in [0.1, 0.15) is 5.56 Å². The van der Waals surface area contributed by atoms with Crippen LogP contribution in [0.2, 0.25) is 0 Å². The van der Waals surface area contributed by atoms with Gasteiger partial charge in [0.25, 0.3) is 0 Å². The minimum absolute atomic E-state index is 0.759. The Kier molecular flexibility index (Phi) is 3.25. The molecule has 1 heterocycles. The number of aromatic nitrogens is 1. The first-order valence-corrected chi connectivity index (χ1v) is 6.44. The van der Waals surface area contributed by atoms with Gasteiger partial charge in [-0.1, -0.05) is 53.2 Å². The van der Waals surface area contributed by atoms with Gasteiger partial charge >= 0.3 is 0 Å². The molecule has 20 heavy (non-hydrogen) atoms. The third-order valence-corrected chi connectivity index (χ3v) is 3.28. The first kappa shape index (κ1) is 12.5. The minimum atomic E-state index is 0.759. The van der Waals surface area contributed by atoms with Crippen LogP contribution in [-0.2, 0) is 0 Å². The highest BCUT2D eigenvalue weighted by Crippen LogP contribution is 2.36. The number of hydrogen-bond donors (Lipinski definition) is 0. The van der Waals surface area contributed by atoms with Crippen molar-refractivity contribution in [1.29, 1.82) is 0 Å². The van der Waals surface area contributed by atoms with Gasteiger partial charge in [0.1, 0.15) is 5.75 Å². The maximum atomic E-state index is 5.44. The Morgan fingerprint density at radius 2 is 1.70 bits per heavy atom. The normalized spacial score (nSPS) is 10.5. The summed E-state index contributed by atoms with van der Waals surface area (Å²) in [6.07, 6.45) is 1.73. The van der Waals surface area contributed by atoms with Crippen molar-refractivity contribution < 1.29 is 9.26 Å². The van der Waals surface area contributed by atoms with E-state index in [1.165, 1.54) is 5.56 Å². The number of rotatable bonds is 3. The van der Waals surface area contributed by atoms with E-state index in [4.69, 9.17) is 9.26 Å². The average molecular weight is 265 g/mol. The maximum Gasteiger partial charge on any atom is 0.174 e. The van der Waals surface area contributed by atoms with Gasteiger partial charge in [0.2, 0.25) is 0 Å². The van der Waals surface area contributed by atoms with E-state index < -0.39 is 0 Å². The van der Waals surface area contributed by atoms with E-state index in [0.29, 0.717) is 0 Å². The first-order valence-electron chi connectivity index (χ1n) is 6.44. The highest BCUT2D eigenvalue weighted by molar-refractivity contribution is 5.82. The van der Waals surface area contributed by atoms with Crippen molar-refractivity contribution in [3.8, 4) is 28.2 Å². The molecule has 0 saturated carbocycles. The Bertz CT molecular complexity index is 714. The van der Waals surface area contributed by atoms with E-state index in [2.05, 4.69) is 24.2 Å². The molecule has 0 aliphatic heterocycles. The van der Waals surface area contributed by atoms with Gasteiger partial charge in [-0.2, -0.15) is 0 Å². The minimum Gasteiger partial charge on any atom is -0.496 e. The third-order valence-electron chi connectivity index (χ3n) is 3.28. The molecule has 0 saturated heterocycles.